The Labute approximate surface area is 130 Å². The molecule has 0 fully saturated rings. The van der Waals surface area contributed by atoms with Crippen molar-refractivity contribution in [2.75, 3.05) is 0 Å². The van der Waals surface area contributed by atoms with E-state index in [2.05, 4.69) is 48.5 Å². The van der Waals surface area contributed by atoms with E-state index in [4.69, 9.17) is 0 Å². The maximum atomic E-state index is 12.6. The van der Waals surface area contributed by atoms with Crippen LogP contribution in [-0.2, 0) is 6.42 Å². The molecule has 1 nitrogen and oxygen atoms in total. The van der Waals surface area contributed by atoms with Crippen LogP contribution in [0.2, 0.25) is 0 Å². The zero-order valence-electron chi connectivity index (χ0n) is 12.2. The summed E-state index contributed by atoms with van der Waals surface area (Å²) in [6.07, 6.45) is 0.483. The Morgan fingerprint density at radius 2 is 1.32 bits per heavy atom. The van der Waals surface area contributed by atoms with Gasteiger partial charge in [-0.05, 0) is 22.3 Å². The third kappa shape index (κ3) is 2.06. The van der Waals surface area contributed by atoms with Crippen LogP contribution in [0.15, 0.2) is 78.9 Å². The molecule has 0 aromatic heterocycles. The van der Waals surface area contributed by atoms with Gasteiger partial charge in [-0.25, -0.2) is 0 Å². The van der Waals surface area contributed by atoms with Gasteiger partial charge in [0.1, 0.15) is 0 Å². The molecule has 3 aromatic carbocycles. The molecule has 1 atom stereocenters. The highest BCUT2D eigenvalue weighted by molar-refractivity contribution is 6.00. The molecule has 1 unspecified atom stereocenters. The van der Waals surface area contributed by atoms with Crippen LogP contribution in [-0.4, -0.2) is 5.78 Å². The number of carbonyl (C=O) groups excluding carboxylic acids is 1. The summed E-state index contributed by atoms with van der Waals surface area (Å²) < 4.78 is 0. The topological polar surface area (TPSA) is 17.1 Å². The third-order valence-corrected chi connectivity index (χ3v) is 4.42. The number of carbonyl (C=O) groups is 1. The fourth-order valence-corrected chi connectivity index (χ4v) is 3.42. The molecule has 0 N–H and O–H groups in total. The summed E-state index contributed by atoms with van der Waals surface area (Å²) in [6, 6.07) is 26.8. The molecule has 1 aliphatic carbocycles. The maximum absolute atomic E-state index is 12.6. The zero-order valence-corrected chi connectivity index (χ0v) is 12.2. The fraction of sp³-hybridized carbons (Fsp3) is 0.0952. The summed E-state index contributed by atoms with van der Waals surface area (Å²) in [6.45, 7) is 0. The van der Waals surface area contributed by atoms with E-state index in [1.807, 2.05) is 30.3 Å². The maximum Gasteiger partial charge on any atom is 0.167 e. The summed E-state index contributed by atoms with van der Waals surface area (Å²) >= 11 is 0. The Balaban J connectivity index is 2.03. The molecule has 0 aliphatic heterocycles. The number of benzene rings is 3. The lowest BCUT2D eigenvalue weighted by Crippen LogP contribution is -2.06. The molecule has 0 radical (unpaired) electrons. The Hall–Kier alpha value is -2.67. The van der Waals surface area contributed by atoms with Gasteiger partial charge in [-0.15, -0.1) is 0 Å². The number of rotatable bonds is 1. The van der Waals surface area contributed by atoms with Crippen LogP contribution in [0.1, 0.15) is 38.5 Å². The first kappa shape index (κ1) is 13.0. The standard InChI is InChI=1S/C21H16O/c22-20-14-16-10-4-5-11-17(16)21(15-8-2-1-3-9-15)19-13-7-6-12-18(19)20/h1-13,21H,14H2. The quantitative estimate of drug-likeness (QED) is 0.638. The average Bonchev–Trinajstić information content (AvgIpc) is 2.70. The SMILES string of the molecule is O=C1Cc2ccccc2C(c2ccccc2)c2ccccc21. The van der Waals surface area contributed by atoms with E-state index in [9.17, 15) is 4.79 Å². The molecule has 106 valence electrons. The first-order valence-electron chi connectivity index (χ1n) is 7.59. The molecule has 4 rings (SSSR count). The van der Waals surface area contributed by atoms with Crippen LogP contribution in [0, 0.1) is 0 Å². The van der Waals surface area contributed by atoms with Gasteiger partial charge in [0, 0.05) is 17.9 Å². The molecule has 0 heterocycles. The van der Waals surface area contributed by atoms with Gasteiger partial charge < -0.3 is 0 Å². The molecule has 0 saturated heterocycles. The van der Waals surface area contributed by atoms with Crippen molar-refractivity contribution in [3.05, 3.63) is 107 Å². The minimum absolute atomic E-state index is 0.125. The van der Waals surface area contributed by atoms with Crippen LogP contribution in [0.5, 0.6) is 0 Å². The largest absolute Gasteiger partial charge is 0.294 e. The van der Waals surface area contributed by atoms with Crippen LogP contribution >= 0.6 is 0 Å². The van der Waals surface area contributed by atoms with Crippen molar-refractivity contribution >= 4 is 5.78 Å². The zero-order chi connectivity index (χ0) is 14.9. The van der Waals surface area contributed by atoms with E-state index in [1.165, 1.54) is 11.1 Å². The van der Waals surface area contributed by atoms with Crippen molar-refractivity contribution in [3.63, 3.8) is 0 Å². The summed E-state index contributed by atoms with van der Waals surface area (Å²) in [5.74, 6) is 0.335. The van der Waals surface area contributed by atoms with Crippen molar-refractivity contribution < 1.29 is 4.79 Å². The van der Waals surface area contributed by atoms with Crippen molar-refractivity contribution in [1.29, 1.82) is 0 Å². The Morgan fingerprint density at radius 1 is 0.682 bits per heavy atom. The molecule has 0 saturated carbocycles. The number of ketones is 1. The van der Waals surface area contributed by atoms with Crippen molar-refractivity contribution in [1.82, 2.24) is 0 Å². The van der Waals surface area contributed by atoms with E-state index in [0.29, 0.717) is 6.42 Å². The summed E-state index contributed by atoms with van der Waals surface area (Å²) in [5, 5.41) is 0. The number of hydrogen-bond acceptors (Lipinski definition) is 1. The third-order valence-electron chi connectivity index (χ3n) is 4.42. The van der Waals surface area contributed by atoms with E-state index in [0.717, 1.165) is 16.7 Å². The summed E-state index contributed by atoms with van der Waals surface area (Å²) in [4.78, 5) is 12.6. The fourth-order valence-electron chi connectivity index (χ4n) is 3.42. The Kier molecular flexibility index (Phi) is 3.12. The summed E-state index contributed by atoms with van der Waals surface area (Å²) in [5.41, 5.74) is 5.58. The monoisotopic (exact) mass is 284 g/mol. The lowest BCUT2D eigenvalue weighted by atomic mass is 9.83. The smallest absolute Gasteiger partial charge is 0.167 e. The van der Waals surface area contributed by atoms with Crippen molar-refractivity contribution in [2.24, 2.45) is 0 Å². The van der Waals surface area contributed by atoms with Crippen molar-refractivity contribution in [3.8, 4) is 0 Å². The first-order valence-corrected chi connectivity index (χ1v) is 7.59. The molecule has 3 aromatic rings. The van der Waals surface area contributed by atoms with Crippen LogP contribution in [0.3, 0.4) is 0 Å². The second-order valence-electron chi connectivity index (χ2n) is 5.73. The van der Waals surface area contributed by atoms with Gasteiger partial charge in [0.25, 0.3) is 0 Å². The van der Waals surface area contributed by atoms with Gasteiger partial charge in [-0.2, -0.15) is 0 Å². The molecular weight excluding hydrogens is 268 g/mol. The molecule has 1 aliphatic rings. The second kappa shape index (κ2) is 5.27. The molecule has 22 heavy (non-hydrogen) atoms. The van der Waals surface area contributed by atoms with Gasteiger partial charge in [0.05, 0.1) is 0 Å². The van der Waals surface area contributed by atoms with E-state index < -0.39 is 0 Å². The van der Waals surface area contributed by atoms with Crippen LogP contribution in [0.25, 0.3) is 0 Å². The lowest BCUT2D eigenvalue weighted by Gasteiger charge is -2.20. The average molecular weight is 284 g/mol. The number of hydrogen-bond donors (Lipinski definition) is 0. The molecular formula is C21H16O. The Bertz CT molecular complexity index is 833. The minimum atomic E-state index is 0.125. The van der Waals surface area contributed by atoms with Gasteiger partial charge >= 0.3 is 0 Å². The highest BCUT2D eigenvalue weighted by Crippen LogP contribution is 2.38. The highest BCUT2D eigenvalue weighted by Gasteiger charge is 2.27. The Morgan fingerprint density at radius 3 is 2.14 bits per heavy atom. The van der Waals surface area contributed by atoms with Gasteiger partial charge in [0.15, 0.2) is 5.78 Å². The molecule has 0 bridgehead atoms. The van der Waals surface area contributed by atoms with E-state index in [1.54, 1.807) is 0 Å². The van der Waals surface area contributed by atoms with E-state index in [-0.39, 0.29) is 11.7 Å². The second-order valence-corrected chi connectivity index (χ2v) is 5.73. The molecule has 1 heteroatoms. The van der Waals surface area contributed by atoms with Gasteiger partial charge in [0.2, 0.25) is 0 Å². The van der Waals surface area contributed by atoms with Crippen molar-refractivity contribution in [2.45, 2.75) is 12.3 Å². The minimum Gasteiger partial charge on any atom is -0.294 e. The summed E-state index contributed by atoms with van der Waals surface area (Å²) in [7, 11) is 0. The molecule has 0 amide bonds. The molecule has 0 spiro atoms. The highest BCUT2D eigenvalue weighted by atomic mass is 16.1. The predicted octanol–water partition coefficient (Wildman–Crippen LogP) is 4.61. The number of fused-ring (bicyclic) bond motifs is 2. The normalized spacial score (nSPS) is 16.5. The van der Waals surface area contributed by atoms with Gasteiger partial charge in [-0.3, -0.25) is 4.79 Å². The van der Waals surface area contributed by atoms with Crippen LogP contribution < -0.4 is 0 Å². The first-order chi connectivity index (χ1) is 10.8. The van der Waals surface area contributed by atoms with Gasteiger partial charge in [-0.1, -0.05) is 78.9 Å². The predicted molar refractivity (Wildman–Crippen MR) is 88.3 cm³/mol. The number of Topliss-reactive ketones (excluding diaryl/α,β-unsaturated/α-hetero) is 1. The van der Waals surface area contributed by atoms with E-state index >= 15 is 0 Å². The van der Waals surface area contributed by atoms with Crippen LogP contribution in [0.4, 0.5) is 0 Å². The lowest BCUT2D eigenvalue weighted by molar-refractivity contribution is 0.0993.